The molecule has 0 spiro atoms. The summed E-state index contributed by atoms with van der Waals surface area (Å²) < 4.78 is 48.1. The topological polar surface area (TPSA) is 109 Å². The second-order valence-corrected chi connectivity index (χ2v) is 15.0. The molecule has 2 N–H and O–H groups in total. The Morgan fingerprint density at radius 2 is 1.65 bits per heavy atom. The molecule has 246 valence electrons. The van der Waals surface area contributed by atoms with Crippen LogP contribution in [0.1, 0.15) is 28.3 Å². The highest BCUT2D eigenvalue weighted by atomic mass is 35.5. The number of thioether (sulfide) groups is 1. The Morgan fingerprint density at radius 1 is 0.958 bits per heavy atom. The molecule has 2 bridgehead atoms. The number of rotatable bonds is 6. The number of nitrogens with one attached hydrogen (secondary N) is 2. The Morgan fingerprint density at radius 3 is 2.40 bits per heavy atom. The highest BCUT2D eigenvalue weighted by Crippen LogP contribution is 2.69. The number of imide groups is 1. The van der Waals surface area contributed by atoms with Crippen molar-refractivity contribution in [2.45, 2.75) is 28.8 Å². The summed E-state index contributed by atoms with van der Waals surface area (Å²) >= 11 is 8.48. The summed E-state index contributed by atoms with van der Waals surface area (Å²) in [6.07, 6.45) is -4.19. The zero-order valence-corrected chi connectivity index (χ0v) is 27.1. The van der Waals surface area contributed by atoms with E-state index in [1.807, 2.05) is 12.1 Å². The Bertz CT molecular complexity index is 2030. The summed E-state index contributed by atoms with van der Waals surface area (Å²) in [5, 5.41) is 3.78. The van der Waals surface area contributed by atoms with Gasteiger partial charge in [0.25, 0.3) is 5.91 Å². The van der Waals surface area contributed by atoms with Gasteiger partial charge in [-0.25, -0.2) is 4.90 Å². The number of hydrogen-bond acceptors (Lipinski definition) is 7. The van der Waals surface area contributed by atoms with Crippen molar-refractivity contribution in [3.63, 3.8) is 0 Å². The number of carbonyl (C=O) groups excluding carboxylic acids is 3. The van der Waals surface area contributed by atoms with Crippen molar-refractivity contribution in [2.24, 2.45) is 29.6 Å². The van der Waals surface area contributed by atoms with Crippen LogP contribution in [0.15, 0.2) is 82.6 Å². The van der Waals surface area contributed by atoms with Crippen LogP contribution in [0.5, 0.6) is 5.75 Å². The van der Waals surface area contributed by atoms with Crippen molar-refractivity contribution in [1.29, 1.82) is 0 Å². The number of hydrogen-bond donors (Lipinski definition) is 2. The first-order valence-corrected chi connectivity index (χ1v) is 17.3. The largest absolute Gasteiger partial charge is 0.483 e. The lowest BCUT2D eigenvalue weighted by Crippen LogP contribution is -2.42. The van der Waals surface area contributed by atoms with E-state index in [0.717, 1.165) is 32.7 Å². The molecular weight excluding hydrogens is 687 g/mol. The molecule has 7 atom stereocenters. The van der Waals surface area contributed by atoms with Gasteiger partial charge in [0.05, 0.1) is 28.1 Å². The minimum atomic E-state index is -4.75. The van der Waals surface area contributed by atoms with E-state index in [0.29, 0.717) is 27.9 Å². The maximum atomic E-state index is 14.0. The molecule has 3 amide bonds. The van der Waals surface area contributed by atoms with Crippen molar-refractivity contribution < 1.29 is 32.3 Å². The SMILES string of the molecule is O=C(COc1ccccc1[C@@H]1c2sc(=O)[nH]c2S[C@@H]2[C@@H]3C[C@@H]([C@@H]4C(=O)N(c5ccccc5C(F)(F)F)C(=O)[C@@H]34)[C@H]12)Nc1ccc(Cl)cc1. The average molecular weight is 712 g/mol. The third-order valence-corrected chi connectivity index (χ3v) is 12.8. The van der Waals surface area contributed by atoms with Gasteiger partial charge in [-0.15, -0.1) is 11.8 Å². The van der Waals surface area contributed by atoms with Crippen LogP contribution in [-0.2, 0) is 20.6 Å². The van der Waals surface area contributed by atoms with Gasteiger partial charge < -0.3 is 15.0 Å². The summed E-state index contributed by atoms with van der Waals surface area (Å²) in [6, 6.07) is 18.5. The third kappa shape index (κ3) is 4.97. The molecule has 0 unspecified atom stereocenters. The van der Waals surface area contributed by atoms with Crippen LogP contribution in [0, 0.1) is 29.6 Å². The lowest BCUT2D eigenvalue weighted by molar-refractivity contribution is -0.137. The van der Waals surface area contributed by atoms with Gasteiger partial charge in [-0.3, -0.25) is 19.2 Å². The number of ether oxygens (including phenoxy) is 1. The fraction of sp³-hybridized carbons (Fsp3) is 0.294. The Kier molecular flexibility index (Phi) is 7.49. The number of anilines is 2. The molecule has 14 heteroatoms. The number of aromatic nitrogens is 1. The number of amides is 3. The maximum absolute atomic E-state index is 14.0. The lowest BCUT2D eigenvalue weighted by atomic mass is 9.68. The van der Waals surface area contributed by atoms with E-state index in [-0.39, 0.29) is 34.5 Å². The number of aromatic amines is 1. The molecule has 2 aliphatic carbocycles. The van der Waals surface area contributed by atoms with E-state index < -0.39 is 52.9 Å². The zero-order valence-electron chi connectivity index (χ0n) is 24.7. The van der Waals surface area contributed by atoms with Crippen molar-refractivity contribution in [1.82, 2.24) is 4.98 Å². The normalized spacial score (nSPS) is 27.1. The van der Waals surface area contributed by atoms with Gasteiger partial charge in [0, 0.05) is 32.3 Å². The molecular formula is C34H25ClF3N3O5S2. The molecule has 2 aliphatic heterocycles. The number of para-hydroxylation sites is 2. The molecule has 8 nitrogen and oxygen atoms in total. The van der Waals surface area contributed by atoms with Crippen molar-refractivity contribution in [3.8, 4) is 5.75 Å². The molecule has 8 rings (SSSR count). The second-order valence-electron chi connectivity index (χ2n) is 12.4. The molecule has 1 aromatic heterocycles. The number of halogens is 4. The Labute approximate surface area is 284 Å². The van der Waals surface area contributed by atoms with Crippen LogP contribution >= 0.6 is 34.7 Å². The molecule has 48 heavy (non-hydrogen) atoms. The molecule has 3 fully saturated rings. The van der Waals surface area contributed by atoms with Gasteiger partial charge in [0.15, 0.2) is 6.61 Å². The standard InChI is InChI=1S/C34H25ClF3N3O5S2/c35-15-9-11-16(12-10-15)39-23(42)14-46-22-8-4-1-5-17(22)24-25-18-13-19(28(25)47-30-29(24)48-33(45)40-30)27-26(18)31(43)41(32(27)44)21-7-3-2-6-20(21)34(36,37)38/h1-12,18-19,24-28H,13-14H2,(H,39,42)(H,40,45)/t18-,19-,24+,25-,26+,27+,28-/m1/s1. The van der Waals surface area contributed by atoms with Gasteiger partial charge in [0.2, 0.25) is 11.8 Å². The average Bonchev–Trinajstić information content (AvgIpc) is 3.79. The molecule has 3 aromatic carbocycles. The first-order valence-electron chi connectivity index (χ1n) is 15.2. The van der Waals surface area contributed by atoms with Crippen molar-refractivity contribution in [2.75, 3.05) is 16.8 Å². The molecule has 3 heterocycles. The van der Waals surface area contributed by atoms with Crippen LogP contribution in [-0.4, -0.2) is 34.6 Å². The zero-order chi connectivity index (χ0) is 33.5. The van der Waals surface area contributed by atoms with Crippen LogP contribution in [0.3, 0.4) is 0 Å². The molecule has 2 saturated carbocycles. The van der Waals surface area contributed by atoms with Gasteiger partial charge in [-0.2, -0.15) is 13.2 Å². The first-order chi connectivity index (χ1) is 23.0. The minimum absolute atomic E-state index is 0.185. The third-order valence-electron chi connectivity index (χ3n) is 9.92. The summed E-state index contributed by atoms with van der Waals surface area (Å²) in [6.45, 7) is -0.303. The van der Waals surface area contributed by atoms with E-state index in [9.17, 15) is 32.3 Å². The van der Waals surface area contributed by atoms with Gasteiger partial charge in [-0.1, -0.05) is 53.3 Å². The molecule has 4 aliphatic rings. The number of nitrogens with zero attached hydrogens (tertiary/aromatic N) is 1. The summed E-state index contributed by atoms with van der Waals surface area (Å²) in [5.41, 5.74) is -0.201. The predicted octanol–water partition coefficient (Wildman–Crippen LogP) is 6.80. The number of thiazole rings is 1. The summed E-state index contributed by atoms with van der Waals surface area (Å²) in [4.78, 5) is 57.7. The number of carbonyl (C=O) groups is 3. The number of fused-ring (bicyclic) bond motifs is 9. The Balaban J connectivity index is 1.13. The van der Waals surface area contributed by atoms with Gasteiger partial charge in [0.1, 0.15) is 5.75 Å². The van der Waals surface area contributed by atoms with Crippen LogP contribution in [0.2, 0.25) is 5.02 Å². The maximum Gasteiger partial charge on any atom is 0.418 e. The van der Waals surface area contributed by atoms with Crippen molar-refractivity contribution >= 4 is 63.8 Å². The fourth-order valence-electron chi connectivity index (χ4n) is 8.25. The minimum Gasteiger partial charge on any atom is -0.483 e. The van der Waals surface area contributed by atoms with Crippen LogP contribution in [0.4, 0.5) is 24.5 Å². The highest BCUT2D eigenvalue weighted by molar-refractivity contribution is 8.00. The number of H-pyrrole nitrogens is 1. The van der Waals surface area contributed by atoms with Gasteiger partial charge in [-0.05, 0) is 66.6 Å². The van der Waals surface area contributed by atoms with E-state index in [1.165, 1.54) is 30.0 Å². The Hall–Kier alpha value is -4.07. The summed E-state index contributed by atoms with van der Waals surface area (Å²) in [7, 11) is 0. The fourth-order valence-corrected chi connectivity index (χ4v) is 11.3. The highest BCUT2D eigenvalue weighted by Gasteiger charge is 2.70. The second kappa shape index (κ2) is 11.5. The predicted molar refractivity (Wildman–Crippen MR) is 174 cm³/mol. The molecule has 1 saturated heterocycles. The quantitative estimate of drug-likeness (QED) is 0.213. The lowest BCUT2D eigenvalue weighted by Gasteiger charge is -2.43. The van der Waals surface area contributed by atoms with E-state index >= 15 is 0 Å². The smallest absolute Gasteiger partial charge is 0.418 e. The summed E-state index contributed by atoms with van der Waals surface area (Å²) in [5.74, 6) is -3.98. The van der Waals surface area contributed by atoms with E-state index in [4.69, 9.17) is 16.3 Å². The number of alkyl halides is 3. The van der Waals surface area contributed by atoms with Crippen molar-refractivity contribution in [3.05, 3.63) is 103 Å². The van der Waals surface area contributed by atoms with Crippen LogP contribution in [0.25, 0.3) is 0 Å². The molecule has 4 aromatic rings. The van der Waals surface area contributed by atoms with Crippen LogP contribution < -0.4 is 19.8 Å². The van der Waals surface area contributed by atoms with Gasteiger partial charge >= 0.3 is 11.0 Å². The number of benzene rings is 3. The molecule has 0 radical (unpaired) electrons. The van der Waals surface area contributed by atoms with E-state index in [2.05, 4.69) is 10.3 Å². The monoisotopic (exact) mass is 711 g/mol. The first kappa shape index (κ1) is 31.2. The van der Waals surface area contributed by atoms with E-state index in [1.54, 1.807) is 36.4 Å².